The van der Waals surface area contributed by atoms with Gasteiger partial charge < -0.3 is 10.4 Å². The number of nitrogens with zero attached hydrogens (tertiary/aromatic N) is 1. The summed E-state index contributed by atoms with van der Waals surface area (Å²) in [4.78, 5) is 4.26. The van der Waals surface area contributed by atoms with E-state index >= 15 is 0 Å². The Morgan fingerprint density at radius 3 is 3.18 bits per heavy atom. The van der Waals surface area contributed by atoms with Crippen molar-refractivity contribution < 1.29 is 5.11 Å². The van der Waals surface area contributed by atoms with Gasteiger partial charge in [-0.1, -0.05) is 6.07 Å². The molecule has 0 bridgehead atoms. The fourth-order valence-electron chi connectivity index (χ4n) is 2.39. The van der Waals surface area contributed by atoms with Gasteiger partial charge in [0.05, 0.1) is 6.04 Å². The van der Waals surface area contributed by atoms with Crippen LogP contribution in [0.4, 0.5) is 5.13 Å². The summed E-state index contributed by atoms with van der Waals surface area (Å²) in [6.45, 7) is 0. The molecule has 1 aromatic heterocycles. The molecule has 17 heavy (non-hydrogen) atoms. The number of aromatic hydroxyl groups is 1. The second-order valence-electron chi connectivity index (χ2n) is 4.31. The monoisotopic (exact) mass is 246 g/mol. The second kappa shape index (κ2) is 4.37. The van der Waals surface area contributed by atoms with Crippen molar-refractivity contribution in [3.63, 3.8) is 0 Å². The third-order valence-electron chi connectivity index (χ3n) is 3.17. The zero-order valence-electron chi connectivity index (χ0n) is 9.39. The van der Waals surface area contributed by atoms with Gasteiger partial charge in [0.25, 0.3) is 0 Å². The molecule has 1 atom stereocenters. The van der Waals surface area contributed by atoms with Crippen LogP contribution in [0.2, 0.25) is 0 Å². The summed E-state index contributed by atoms with van der Waals surface area (Å²) >= 11 is 1.62. The molecule has 1 aliphatic rings. The quantitative estimate of drug-likeness (QED) is 0.854. The maximum Gasteiger partial charge on any atom is 0.183 e. The first kappa shape index (κ1) is 10.6. The van der Waals surface area contributed by atoms with Gasteiger partial charge in [0.15, 0.2) is 5.13 Å². The highest BCUT2D eigenvalue weighted by Gasteiger charge is 2.20. The van der Waals surface area contributed by atoms with Crippen molar-refractivity contribution in [2.24, 2.45) is 0 Å². The number of aryl methyl sites for hydroxylation is 1. The first-order valence-corrected chi connectivity index (χ1v) is 6.69. The highest BCUT2D eigenvalue weighted by atomic mass is 32.1. The third kappa shape index (κ3) is 2.13. The van der Waals surface area contributed by atoms with Crippen molar-refractivity contribution in [3.05, 3.63) is 40.9 Å². The number of rotatable bonds is 2. The van der Waals surface area contributed by atoms with Gasteiger partial charge in [0.1, 0.15) is 5.75 Å². The van der Waals surface area contributed by atoms with Crippen LogP contribution in [0.5, 0.6) is 5.75 Å². The molecule has 3 rings (SSSR count). The van der Waals surface area contributed by atoms with Gasteiger partial charge in [0, 0.05) is 11.6 Å². The standard InChI is InChI=1S/C13H14N2OS/c16-10-4-5-11-9(8-10)2-1-3-12(11)15-13-14-6-7-17-13/h4-8,12,16H,1-3H2,(H,14,15). The van der Waals surface area contributed by atoms with E-state index in [0.717, 1.165) is 24.4 Å². The normalized spacial score (nSPS) is 18.7. The Kier molecular flexibility index (Phi) is 2.73. The van der Waals surface area contributed by atoms with Gasteiger partial charge in [-0.2, -0.15) is 0 Å². The fraction of sp³-hybridized carbons (Fsp3) is 0.308. The lowest BCUT2D eigenvalue weighted by molar-refractivity contribution is 0.472. The number of anilines is 1. The van der Waals surface area contributed by atoms with Crippen molar-refractivity contribution in [1.82, 2.24) is 4.98 Å². The minimum Gasteiger partial charge on any atom is -0.508 e. The van der Waals surface area contributed by atoms with Gasteiger partial charge in [-0.15, -0.1) is 11.3 Å². The van der Waals surface area contributed by atoms with Crippen LogP contribution in [0, 0.1) is 0 Å². The average Bonchev–Trinajstić information content (AvgIpc) is 2.82. The summed E-state index contributed by atoms with van der Waals surface area (Å²) in [6, 6.07) is 5.99. The van der Waals surface area contributed by atoms with Gasteiger partial charge >= 0.3 is 0 Å². The molecular weight excluding hydrogens is 232 g/mol. The minimum absolute atomic E-state index is 0.325. The predicted octanol–water partition coefficient (Wildman–Crippen LogP) is 3.34. The Balaban J connectivity index is 1.89. The van der Waals surface area contributed by atoms with Crippen LogP contribution >= 0.6 is 11.3 Å². The Hall–Kier alpha value is -1.55. The van der Waals surface area contributed by atoms with Crippen molar-refractivity contribution in [1.29, 1.82) is 0 Å². The van der Waals surface area contributed by atoms with Crippen molar-refractivity contribution in [2.75, 3.05) is 5.32 Å². The van der Waals surface area contributed by atoms with Crippen LogP contribution in [-0.4, -0.2) is 10.1 Å². The van der Waals surface area contributed by atoms with Crippen LogP contribution in [-0.2, 0) is 6.42 Å². The molecular formula is C13H14N2OS. The van der Waals surface area contributed by atoms with E-state index in [1.807, 2.05) is 23.7 Å². The summed E-state index contributed by atoms with van der Waals surface area (Å²) in [6.07, 6.45) is 5.14. The largest absolute Gasteiger partial charge is 0.508 e. The molecule has 3 nitrogen and oxygen atoms in total. The molecule has 1 unspecified atom stereocenters. The maximum absolute atomic E-state index is 9.50. The Labute approximate surface area is 104 Å². The number of nitrogens with one attached hydrogen (secondary N) is 1. The fourth-order valence-corrected chi connectivity index (χ4v) is 2.98. The van der Waals surface area contributed by atoms with E-state index in [1.54, 1.807) is 17.4 Å². The number of thiazole rings is 1. The highest BCUT2D eigenvalue weighted by molar-refractivity contribution is 7.13. The third-order valence-corrected chi connectivity index (χ3v) is 3.88. The molecule has 0 radical (unpaired) electrons. The first-order chi connectivity index (χ1) is 8.33. The highest BCUT2D eigenvalue weighted by Crippen LogP contribution is 2.34. The van der Waals surface area contributed by atoms with E-state index in [2.05, 4.69) is 10.3 Å². The maximum atomic E-state index is 9.50. The molecule has 1 aromatic carbocycles. The van der Waals surface area contributed by atoms with Crippen molar-refractivity contribution in [3.8, 4) is 5.75 Å². The van der Waals surface area contributed by atoms with Crippen LogP contribution in [0.1, 0.15) is 30.0 Å². The molecule has 0 spiro atoms. The zero-order valence-corrected chi connectivity index (χ0v) is 10.2. The molecule has 0 saturated heterocycles. The Morgan fingerprint density at radius 2 is 2.35 bits per heavy atom. The molecule has 0 aliphatic heterocycles. The van der Waals surface area contributed by atoms with Gasteiger partial charge in [-0.25, -0.2) is 4.98 Å². The van der Waals surface area contributed by atoms with Gasteiger partial charge in [0.2, 0.25) is 0 Å². The molecule has 2 N–H and O–H groups in total. The molecule has 0 amide bonds. The predicted molar refractivity (Wildman–Crippen MR) is 69.5 cm³/mol. The molecule has 1 heterocycles. The van der Waals surface area contributed by atoms with E-state index in [4.69, 9.17) is 0 Å². The number of benzene rings is 1. The SMILES string of the molecule is Oc1ccc2c(c1)CCCC2Nc1nccs1. The number of hydrogen-bond acceptors (Lipinski definition) is 4. The first-order valence-electron chi connectivity index (χ1n) is 5.81. The average molecular weight is 246 g/mol. The lowest BCUT2D eigenvalue weighted by Crippen LogP contribution is -2.17. The number of phenolic OH excluding ortho intramolecular Hbond substituents is 1. The lowest BCUT2D eigenvalue weighted by Gasteiger charge is -2.26. The Morgan fingerprint density at radius 1 is 1.41 bits per heavy atom. The Bertz CT molecular complexity index is 510. The van der Waals surface area contributed by atoms with E-state index in [1.165, 1.54) is 11.1 Å². The number of phenols is 1. The van der Waals surface area contributed by atoms with Crippen LogP contribution in [0.25, 0.3) is 0 Å². The molecule has 0 fully saturated rings. The van der Waals surface area contributed by atoms with Gasteiger partial charge in [-0.3, -0.25) is 0 Å². The van der Waals surface area contributed by atoms with Crippen LogP contribution in [0.3, 0.4) is 0 Å². The summed E-state index contributed by atoms with van der Waals surface area (Å²) in [7, 11) is 0. The molecule has 0 saturated carbocycles. The van der Waals surface area contributed by atoms with Gasteiger partial charge in [-0.05, 0) is 42.5 Å². The second-order valence-corrected chi connectivity index (χ2v) is 5.20. The van der Waals surface area contributed by atoms with E-state index in [-0.39, 0.29) is 0 Å². The smallest absolute Gasteiger partial charge is 0.183 e. The summed E-state index contributed by atoms with van der Waals surface area (Å²) in [5, 5.41) is 15.9. The van der Waals surface area contributed by atoms with Crippen LogP contribution in [0.15, 0.2) is 29.8 Å². The molecule has 88 valence electrons. The number of hydrogen-bond donors (Lipinski definition) is 2. The van der Waals surface area contributed by atoms with E-state index in [0.29, 0.717) is 11.8 Å². The lowest BCUT2D eigenvalue weighted by atomic mass is 9.87. The molecule has 4 heteroatoms. The minimum atomic E-state index is 0.325. The van der Waals surface area contributed by atoms with E-state index in [9.17, 15) is 5.11 Å². The molecule has 1 aliphatic carbocycles. The summed E-state index contributed by atoms with van der Waals surface area (Å²) in [5.41, 5.74) is 2.55. The van der Waals surface area contributed by atoms with E-state index < -0.39 is 0 Å². The van der Waals surface area contributed by atoms with Crippen LogP contribution < -0.4 is 5.32 Å². The summed E-state index contributed by atoms with van der Waals surface area (Å²) < 4.78 is 0. The van der Waals surface area contributed by atoms with Crippen molar-refractivity contribution >= 4 is 16.5 Å². The zero-order chi connectivity index (χ0) is 11.7. The number of aromatic nitrogens is 1. The number of fused-ring (bicyclic) bond motifs is 1. The topological polar surface area (TPSA) is 45.1 Å². The summed E-state index contributed by atoms with van der Waals surface area (Å²) in [5.74, 6) is 0.360. The van der Waals surface area contributed by atoms with Crippen molar-refractivity contribution in [2.45, 2.75) is 25.3 Å². The molecule has 2 aromatic rings.